The topological polar surface area (TPSA) is 137 Å². The zero-order chi connectivity index (χ0) is 17.7. The van der Waals surface area contributed by atoms with E-state index in [0.29, 0.717) is 6.54 Å². The van der Waals surface area contributed by atoms with Crippen molar-refractivity contribution in [3.8, 4) is 0 Å². The molecule has 0 spiro atoms. The van der Waals surface area contributed by atoms with Gasteiger partial charge in [0.2, 0.25) is 5.85 Å². The number of unbranched alkanes of at least 4 members (excludes halogenated alkanes) is 3. The summed E-state index contributed by atoms with van der Waals surface area (Å²) in [4.78, 5) is 25.5. The van der Waals surface area contributed by atoms with Gasteiger partial charge in [-0.2, -0.15) is 0 Å². The summed E-state index contributed by atoms with van der Waals surface area (Å²) in [5, 5.41) is 32.8. The lowest BCUT2D eigenvalue weighted by Gasteiger charge is -2.34. The monoisotopic (exact) mass is 343 g/mol. The Morgan fingerprint density at radius 1 is 1.33 bits per heavy atom. The van der Waals surface area contributed by atoms with Crippen LogP contribution in [0.4, 0.5) is 0 Å². The minimum Gasteiger partial charge on any atom is -0.394 e. The highest BCUT2D eigenvalue weighted by atomic mass is 16.6. The maximum atomic E-state index is 12.1. The first-order valence-corrected chi connectivity index (χ1v) is 8.18. The highest BCUT2D eigenvalue weighted by molar-refractivity contribution is 5.00. The third-order valence-corrected chi connectivity index (χ3v) is 4.21. The second-order valence-electron chi connectivity index (χ2n) is 5.94. The van der Waals surface area contributed by atoms with Crippen LogP contribution < -0.4 is 16.6 Å². The van der Waals surface area contributed by atoms with Gasteiger partial charge in [-0.25, -0.2) is 4.79 Å². The average molecular weight is 343 g/mol. The van der Waals surface area contributed by atoms with Crippen molar-refractivity contribution in [2.45, 2.75) is 56.8 Å². The van der Waals surface area contributed by atoms with Gasteiger partial charge < -0.3 is 20.1 Å². The predicted octanol–water partition coefficient (Wildman–Crippen LogP) is -1.57. The fraction of sp³-hybridized carbons (Fsp3) is 0.733. The molecule has 9 nitrogen and oxygen atoms in total. The lowest BCUT2D eigenvalue weighted by molar-refractivity contribution is -0.172. The van der Waals surface area contributed by atoms with Gasteiger partial charge >= 0.3 is 5.69 Å². The highest BCUT2D eigenvalue weighted by Crippen LogP contribution is 2.32. The molecule has 1 aliphatic heterocycles. The zero-order valence-corrected chi connectivity index (χ0v) is 13.6. The normalized spacial score (nSPS) is 29.9. The molecule has 0 aromatic carbocycles. The molecule has 2 heterocycles. The summed E-state index contributed by atoms with van der Waals surface area (Å²) in [5.41, 5.74) is -1.37. The van der Waals surface area contributed by atoms with Crippen molar-refractivity contribution in [1.82, 2.24) is 14.9 Å². The van der Waals surface area contributed by atoms with Crippen LogP contribution in [0.3, 0.4) is 0 Å². The Balaban J connectivity index is 2.31. The van der Waals surface area contributed by atoms with E-state index in [1.165, 1.54) is 6.20 Å². The van der Waals surface area contributed by atoms with Gasteiger partial charge in [-0.05, 0) is 13.0 Å². The molecule has 2 rings (SSSR count). The number of aromatic amines is 1. The molecule has 1 aromatic heterocycles. The SMILES string of the molecule is CCCCCCN[C@@]1(n2ccc(=O)[nH]c2=O)O[C@H](CO)[C@@H](O)[C@H]1O. The maximum absolute atomic E-state index is 12.1. The summed E-state index contributed by atoms with van der Waals surface area (Å²) in [6.45, 7) is 1.99. The number of ether oxygens (including phenoxy) is 1. The van der Waals surface area contributed by atoms with Gasteiger partial charge in [-0.15, -0.1) is 0 Å². The van der Waals surface area contributed by atoms with Gasteiger partial charge in [0.25, 0.3) is 5.56 Å². The Labute approximate surface area is 138 Å². The third kappa shape index (κ3) is 3.60. The van der Waals surface area contributed by atoms with Crippen LogP contribution in [0.25, 0.3) is 0 Å². The number of H-pyrrole nitrogens is 1. The number of aromatic nitrogens is 2. The fourth-order valence-corrected chi connectivity index (χ4v) is 2.88. The molecule has 24 heavy (non-hydrogen) atoms. The standard InChI is InChI=1S/C15H25N3O6/c1-2-3-4-5-7-16-15(13(22)12(21)10(9-19)24-15)18-8-6-11(20)17-14(18)23/h6,8,10,12-13,16,19,21-22H,2-5,7,9H2,1H3,(H,17,20,23)/t10-,12-,13-,15+/m1/s1. The van der Waals surface area contributed by atoms with Crippen molar-refractivity contribution >= 4 is 0 Å². The number of nitrogens with one attached hydrogen (secondary N) is 2. The van der Waals surface area contributed by atoms with Gasteiger partial charge in [0.05, 0.1) is 6.61 Å². The number of rotatable bonds is 8. The molecule has 4 atom stereocenters. The molecule has 1 fully saturated rings. The van der Waals surface area contributed by atoms with Gasteiger partial charge in [0.1, 0.15) is 18.3 Å². The summed E-state index contributed by atoms with van der Waals surface area (Å²) < 4.78 is 6.61. The van der Waals surface area contributed by atoms with E-state index in [1.807, 2.05) is 0 Å². The second-order valence-corrected chi connectivity index (χ2v) is 5.94. The van der Waals surface area contributed by atoms with E-state index >= 15 is 0 Å². The van der Waals surface area contributed by atoms with Gasteiger partial charge in [0.15, 0.2) is 0 Å². The quantitative estimate of drug-likeness (QED) is 0.360. The molecule has 0 saturated carbocycles. The molecule has 0 aliphatic carbocycles. The van der Waals surface area contributed by atoms with E-state index in [0.717, 1.165) is 36.3 Å². The summed E-state index contributed by atoms with van der Waals surface area (Å²) in [7, 11) is 0. The van der Waals surface area contributed by atoms with E-state index in [1.54, 1.807) is 0 Å². The summed E-state index contributed by atoms with van der Waals surface area (Å²) in [5.74, 6) is -1.75. The molecule has 5 N–H and O–H groups in total. The number of hydrogen-bond donors (Lipinski definition) is 5. The largest absolute Gasteiger partial charge is 0.394 e. The molecule has 1 aliphatic rings. The van der Waals surface area contributed by atoms with Crippen molar-refractivity contribution in [3.05, 3.63) is 33.1 Å². The van der Waals surface area contributed by atoms with Crippen LogP contribution in [0.1, 0.15) is 32.6 Å². The summed E-state index contributed by atoms with van der Waals surface area (Å²) in [6.07, 6.45) is 1.12. The van der Waals surface area contributed by atoms with Gasteiger partial charge in [-0.3, -0.25) is 19.7 Å². The Morgan fingerprint density at radius 3 is 2.67 bits per heavy atom. The summed E-state index contributed by atoms with van der Waals surface area (Å²) >= 11 is 0. The van der Waals surface area contributed by atoms with Crippen LogP contribution >= 0.6 is 0 Å². The predicted molar refractivity (Wildman–Crippen MR) is 85.4 cm³/mol. The van der Waals surface area contributed by atoms with Crippen molar-refractivity contribution in [2.24, 2.45) is 0 Å². The molecule has 0 amide bonds. The molecule has 136 valence electrons. The van der Waals surface area contributed by atoms with E-state index < -0.39 is 42.0 Å². The van der Waals surface area contributed by atoms with Crippen molar-refractivity contribution < 1.29 is 20.1 Å². The lowest BCUT2D eigenvalue weighted by atomic mass is 10.1. The molecular weight excluding hydrogens is 318 g/mol. The molecule has 0 bridgehead atoms. The number of hydrogen-bond acceptors (Lipinski definition) is 7. The van der Waals surface area contributed by atoms with Crippen LogP contribution in [0.5, 0.6) is 0 Å². The minimum atomic E-state index is -1.75. The van der Waals surface area contributed by atoms with Crippen molar-refractivity contribution in [2.75, 3.05) is 13.2 Å². The average Bonchev–Trinajstić information content (AvgIpc) is 2.80. The van der Waals surface area contributed by atoms with Crippen molar-refractivity contribution in [1.29, 1.82) is 0 Å². The smallest absolute Gasteiger partial charge is 0.331 e. The molecule has 0 unspecified atom stereocenters. The Bertz CT molecular complexity index is 645. The van der Waals surface area contributed by atoms with Crippen LogP contribution in [0.15, 0.2) is 21.9 Å². The van der Waals surface area contributed by atoms with E-state index in [4.69, 9.17) is 4.74 Å². The lowest BCUT2D eigenvalue weighted by Crippen LogP contribution is -2.60. The van der Waals surface area contributed by atoms with Crippen LogP contribution in [-0.4, -0.2) is 56.3 Å². The summed E-state index contributed by atoms with van der Waals surface area (Å²) in [6, 6.07) is 1.12. The first-order chi connectivity index (χ1) is 11.5. The minimum absolute atomic E-state index is 0.424. The second kappa shape index (κ2) is 8.04. The highest BCUT2D eigenvalue weighted by Gasteiger charge is 2.55. The Morgan fingerprint density at radius 2 is 2.08 bits per heavy atom. The molecule has 9 heteroatoms. The van der Waals surface area contributed by atoms with Crippen LogP contribution in [0.2, 0.25) is 0 Å². The first kappa shape index (κ1) is 18.8. The van der Waals surface area contributed by atoms with E-state index in [2.05, 4.69) is 17.2 Å². The van der Waals surface area contributed by atoms with E-state index in [-0.39, 0.29) is 0 Å². The van der Waals surface area contributed by atoms with Gasteiger partial charge in [-0.1, -0.05) is 26.2 Å². The maximum Gasteiger partial charge on any atom is 0.331 e. The molecule has 1 saturated heterocycles. The van der Waals surface area contributed by atoms with Gasteiger partial charge in [0, 0.05) is 12.3 Å². The molecule has 0 radical (unpaired) electrons. The fourth-order valence-electron chi connectivity index (χ4n) is 2.88. The van der Waals surface area contributed by atoms with Crippen molar-refractivity contribution in [3.63, 3.8) is 0 Å². The molecular formula is C15H25N3O6. The number of nitrogens with zero attached hydrogens (tertiary/aromatic N) is 1. The van der Waals surface area contributed by atoms with Crippen LogP contribution in [-0.2, 0) is 10.6 Å². The Kier molecular flexibility index (Phi) is 6.30. The Hall–Kier alpha value is -1.52. The zero-order valence-electron chi connectivity index (χ0n) is 13.6. The number of aliphatic hydroxyl groups is 3. The molecule has 1 aromatic rings. The van der Waals surface area contributed by atoms with Crippen LogP contribution in [0, 0.1) is 0 Å². The third-order valence-electron chi connectivity index (χ3n) is 4.21. The number of aliphatic hydroxyl groups excluding tert-OH is 3. The van der Waals surface area contributed by atoms with E-state index in [9.17, 15) is 24.9 Å². The first-order valence-electron chi connectivity index (χ1n) is 8.18.